The zero-order valence-corrected chi connectivity index (χ0v) is 12.3. The van der Waals surface area contributed by atoms with Crippen molar-refractivity contribution in [3.05, 3.63) is 53.3 Å². The Morgan fingerprint density at radius 1 is 1.20 bits per heavy atom. The number of carbonyl (C=O) groups excluding carboxylic acids is 1. The highest BCUT2D eigenvalue weighted by molar-refractivity contribution is 6.05. The lowest BCUT2D eigenvalue weighted by atomic mass is 10.1. The maximum Gasteiger partial charge on any atom is 0.276 e. The van der Waals surface area contributed by atoms with Gasteiger partial charge in [0.05, 0.1) is 0 Å². The van der Waals surface area contributed by atoms with Crippen LogP contribution in [0.3, 0.4) is 0 Å². The van der Waals surface area contributed by atoms with Crippen LogP contribution in [0.2, 0.25) is 0 Å². The van der Waals surface area contributed by atoms with E-state index < -0.39 is 0 Å². The molecule has 0 aliphatic rings. The third kappa shape index (κ3) is 2.79. The number of aryl methyl sites for hydroxylation is 2. The molecule has 1 N–H and O–H groups in total. The van der Waals surface area contributed by atoms with Crippen LogP contribution in [0.25, 0.3) is 0 Å². The maximum atomic E-state index is 12.5. The lowest BCUT2D eigenvalue weighted by molar-refractivity contribution is 0.0988. The molecule has 0 bridgehead atoms. The molecule has 1 heterocycles. The Morgan fingerprint density at radius 2 is 1.95 bits per heavy atom. The molecule has 0 aliphatic heterocycles. The van der Waals surface area contributed by atoms with Crippen molar-refractivity contribution < 1.29 is 4.79 Å². The van der Waals surface area contributed by atoms with E-state index in [2.05, 4.69) is 16.4 Å². The highest BCUT2D eigenvalue weighted by Gasteiger charge is 2.16. The lowest BCUT2D eigenvalue weighted by Gasteiger charge is -2.19. The Bertz CT molecular complexity index is 637. The van der Waals surface area contributed by atoms with Crippen LogP contribution >= 0.6 is 0 Å². The van der Waals surface area contributed by atoms with E-state index >= 15 is 0 Å². The van der Waals surface area contributed by atoms with Crippen LogP contribution in [0, 0.1) is 13.8 Å². The Kier molecular flexibility index (Phi) is 4.03. The number of amides is 1. The predicted octanol–water partition coefficient (Wildman–Crippen LogP) is 3.02. The summed E-state index contributed by atoms with van der Waals surface area (Å²) in [7, 11) is 3.59. The summed E-state index contributed by atoms with van der Waals surface area (Å²) in [5, 5.41) is 3.01. The van der Waals surface area contributed by atoms with Gasteiger partial charge in [0.2, 0.25) is 0 Å². The van der Waals surface area contributed by atoms with Gasteiger partial charge in [0, 0.05) is 31.7 Å². The second-order valence-corrected chi connectivity index (χ2v) is 4.83. The largest absolute Gasteiger partial charge is 0.388 e. The quantitative estimate of drug-likeness (QED) is 0.931. The van der Waals surface area contributed by atoms with Gasteiger partial charge in [-0.1, -0.05) is 17.7 Å². The van der Waals surface area contributed by atoms with Crippen molar-refractivity contribution in [2.75, 3.05) is 24.3 Å². The highest BCUT2D eigenvalue weighted by Crippen LogP contribution is 2.21. The molecule has 0 spiro atoms. The molecule has 0 saturated heterocycles. The van der Waals surface area contributed by atoms with Gasteiger partial charge in [0.15, 0.2) is 0 Å². The Hall–Kier alpha value is -2.36. The van der Waals surface area contributed by atoms with E-state index in [1.54, 1.807) is 24.2 Å². The first-order valence-electron chi connectivity index (χ1n) is 6.52. The fraction of sp³-hybridized carbons (Fsp3) is 0.250. The number of nitrogens with zero attached hydrogens (tertiary/aromatic N) is 2. The van der Waals surface area contributed by atoms with Crippen molar-refractivity contribution in [3.63, 3.8) is 0 Å². The first kappa shape index (κ1) is 14.1. The molecule has 0 unspecified atom stereocenters. The Labute approximate surface area is 119 Å². The second-order valence-electron chi connectivity index (χ2n) is 4.83. The monoisotopic (exact) mass is 269 g/mol. The van der Waals surface area contributed by atoms with Gasteiger partial charge in [0.25, 0.3) is 5.91 Å². The van der Waals surface area contributed by atoms with E-state index in [0.717, 1.165) is 16.9 Å². The van der Waals surface area contributed by atoms with Crippen molar-refractivity contribution in [2.45, 2.75) is 13.8 Å². The summed E-state index contributed by atoms with van der Waals surface area (Å²) in [6.07, 6.45) is 1.63. The van der Waals surface area contributed by atoms with E-state index in [1.807, 2.05) is 39.1 Å². The van der Waals surface area contributed by atoms with Crippen molar-refractivity contribution in [1.82, 2.24) is 4.98 Å². The average molecular weight is 269 g/mol. The molecule has 2 rings (SSSR count). The molecule has 0 atom stereocenters. The van der Waals surface area contributed by atoms with E-state index in [0.29, 0.717) is 5.69 Å². The van der Waals surface area contributed by atoms with Crippen LogP contribution in [0.5, 0.6) is 0 Å². The smallest absolute Gasteiger partial charge is 0.276 e. The normalized spacial score (nSPS) is 10.2. The maximum absolute atomic E-state index is 12.5. The molecular formula is C16H19N3O. The highest BCUT2D eigenvalue weighted by atomic mass is 16.2. The summed E-state index contributed by atoms with van der Waals surface area (Å²) in [5.41, 5.74) is 4.46. The summed E-state index contributed by atoms with van der Waals surface area (Å²) >= 11 is 0. The minimum absolute atomic E-state index is 0.117. The fourth-order valence-electron chi connectivity index (χ4n) is 2.17. The van der Waals surface area contributed by atoms with Gasteiger partial charge < -0.3 is 10.2 Å². The Morgan fingerprint density at radius 3 is 2.60 bits per heavy atom. The average Bonchev–Trinajstić information content (AvgIpc) is 2.46. The molecule has 0 radical (unpaired) electrons. The van der Waals surface area contributed by atoms with E-state index in [9.17, 15) is 4.79 Å². The molecule has 1 amide bonds. The third-order valence-corrected chi connectivity index (χ3v) is 3.29. The predicted molar refractivity (Wildman–Crippen MR) is 82.4 cm³/mol. The van der Waals surface area contributed by atoms with Crippen molar-refractivity contribution >= 4 is 17.3 Å². The van der Waals surface area contributed by atoms with E-state index in [-0.39, 0.29) is 5.91 Å². The van der Waals surface area contributed by atoms with Gasteiger partial charge in [-0.2, -0.15) is 0 Å². The molecule has 104 valence electrons. The fourth-order valence-corrected chi connectivity index (χ4v) is 2.17. The summed E-state index contributed by atoms with van der Waals surface area (Å²) in [6.45, 7) is 4.04. The van der Waals surface area contributed by atoms with Gasteiger partial charge >= 0.3 is 0 Å². The molecular weight excluding hydrogens is 250 g/mol. The molecule has 1 aromatic heterocycles. The Balaban J connectivity index is 2.32. The number of hydrogen-bond donors (Lipinski definition) is 1. The number of benzene rings is 1. The summed E-state index contributed by atoms with van der Waals surface area (Å²) < 4.78 is 0. The number of hydrogen-bond acceptors (Lipinski definition) is 3. The third-order valence-electron chi connectivity index (χ3n) is 3.29. The summed E-state index contributed by atoms with van der Waals surface area (Å²) in [4.78, 5) is 18.3. The number of anilines is 2. The van der Waals surface area contributed by atoms with Gasteiger partial charge in [-0.05, 0) is 37.6 Å². The van der Waals surface area contributed by atoms with Crippen LogP contribution in [-0.4, -0.2) is 25.0 Å². The molecule has 4 nitrogen and oxygen atoms in total. The summed E-state index contributed by atoms with van der Waals surface area (Å²) in [5.74, 6) is -0.117. The van der Waals surface area contributed by atoms with Crippen molar-refractivity contribution in [3.8, 4) is 0 Å². The first-order chi connectivity index (χ1) is 9.52. The first-order valence-corrected chi connectivity index (χ1v) is 6.52. The number of aromatic nitrogens is 1. The topological polar surface area (TPSA) is 45.2 Å². The van der Waals surface area contributed by atoms with Gasteiger partial charge in [-0.15, -0.1) is 0 Å². The zero-order chi connectivity index (χ0) is 14.7. The van der Waals surface area contributed by atoms with Gasteiger partial charge in [-0.25, -0.2) is 0 Å². The standard InChI is InChI=1S/C16H19N3O/c1-11-5-6-15(12(2)9-11)19(4)16(20)14-10-13(17-3)7-8-18-14/h5-10H,1-4H3,(H,17,18). The molecule has 0 aliphatic carbocycles. The molecule has 0 saturated carbocycles. The van der Waals surface area contributed by atoms with Crippen molar-refractivity contribution in [2.24, 2.45) is 0 Å². The van der Waals surface area contributed by atoms with Crippen LogP contribution in [0.4, 0.5) is 11.4 Å². The zero-order valence-electron chi connectivity index (χ0n) is 12.3. The van der Waals surface area contributed by atoms with Crippen LogP contribution in [-0.2, 0) is 0 Å². The van der Waals surface area contributed by atoms with E-state index in [1.165, 1.54) is 5.56 Å². The number of rotatable bonds is 3. The van der Waals surface area contributed by atoms with Crippen LogP contribution in [0.15, 0.2) is 36.5 Å². The number of nitrogens with one attached hydrogen (secondary N) is 1. The number of pyridine rings is 1. The minimum Gasteiger partial charge on any atom is -0.388 e. The summed E-state index contributed by atoms with van der Waals surface area (Å²) in [6, 6.07) is 9.61. The molecule has 20 heavy (non-hydrogen) atoms. The molecule has 2 aromatic rings. The van der Waals surface area contributed by atoms with Crippen LogP contribution < -0.4 is 10.2 Å². The molecule has 4 heteroatoms. The number of carbonyl (C=O) groups is 1. The van der Waals surface area contributed by atoms with Gasteiger partial charge in [0.1, 0.15) is 5.69 Å². The second kappa shape index (κ2) is 5.74. The lowest BCUT2D eigenvalue weighted by Crippen LogP contribution is -2.27. The molecule has 1 aromatic carbocycles. The van der Waals surface area contributed by atoms with Crippen molar-refractivity contribution in [1.29, 1.82) is 0 Å². The van der Waals surface area contributed by atoms with Gasteiger partial charge in [-0.3, -0.25) is 9.78 Å². The van der Waals surface area contributed by atoms with E-state index in [4.69, 9.17) is 0 Å². The SMILES string of the molecule is CNc1ccnc(C(=O)N(C)c2ccc(C)cc2C)c1. The molecule has 0 fully saturated rings. The minimum atomic E-state index is -0.117. The van der Waals surface area contributed by atoms with Crippen LogP contribution in [0.1, 0.15) is 21.6 Å².